The highest BCUT2D eigenvalue weighted by Gasteiger charge is 2.26. The number of nitriles is 1. The molecular weight excluding hydrogens is 386 g/mol. The molecule has 156 valence electrons. The minimum atomic E-state index is -0.0456. The lowest BCUT2D eigenvalue weighted by molar-refractivity contribution is 0.0798. The van der Waals surface area contributed by atoms with E-state index in [1.807, 2.05) is 48.5 Å². The number of amides is 1. The van der Waals surface area contributed by atoms with Crippen LogP contribution in [0.15, 0.2) is 48.5 Å². The molecule has 2 aromatic carbocycles. The Morgan fingerprint density at radius 2 is 1.97 bits per heavy atom. The van der Waals surface area contributed by atoms with Gasteiger partial charge in [-0.1, -0.05) is 30.3 Å². The first-order valence-corrected chi connectivity index (χ1v) is 10.5. The fourth-order valence-corrected chi connectivity index (χ4v) is 4.13. The minimum Gasteiger partial charge on any atom is -0.497 e. The molecule has 0 spiro atoms. The molecule has 0 atom stereocenters. The molecule has 31 heavy (non-hydrogen) atoms. The Balaban J connectivity index is 1.85. The summed E-state index contributed by atoms with van der Waals surface area (Å²) < 4.78 is 5.26. The molecule has 3 aromatic rings. The van der Waals surface area contributed by atoms with E-state index in [1.54, 1.807) is 19.1 Å². The van der Waals surface area contributed by atoms with Crippen molar-refractivity contribution in [2.75, 3.05) is 20.7 Å². The lowest BCUT2D eigenvalue weighted by atomic mass is 9.85. The number of aromatic nitrogens is 1. The number of carbonyl (C=O) groups excluding carboxylic acids is 1. The highest BCUT2D eigenvalue weighted by molar-refractivity contribution is 6.09. The number of hydrogen-bond donors (Lipinski definition) is 0. The first-order chi connectivity index (χ1) is 15.1. The van der Waals surface area contributed by atoms with Crippen LogP contribution in [0.5, 0.6) is 5.75 Å². The third kappa shape index (κ3) is 4.15. The van der Waals surface area contributed by atoms with Crippen LogP contribution in [0.1, 0.15) is 46.4 Å². The molecule has 4 rings (SSSR count). The van der Waals surface area contributed by atoms with E-state index in [0.717, 1.165) is 63.9 Å². The molecule has 0 saturated heterocycles. The summed E-state index contributed by atoms with van der Waals surface area (Å²) in [6, 6.07) is 17.9. The fraction of sp³-hybridized carbons (Fsp3) is 0.269. The zero-order valence-corrected chi connectivity index (χ0v) is 17.9. The molecule has 0 saturated carbocycles. The zero-order valence-electron chi connectivity index (χ0n) is 17.9. The van der Waals surface area contributed by atoms with E-state index < -0.39 is 0 Å². The van der Waals surface area contributed by atoms with Crippen LogP contribution in [-0.2, 0) is 6.42 Å². The van der Waals surface area contributed by atoms with Gasteiger partial charge >= 0.3 is 0 Å². The van der Waals surface area contributed by atoms with Crippen LogP contribution < -0.4 is 4.74 Å². The van der Waals surface area contributed by atoms with Crippen molar-refractivity contribution < 1.29 is 9.53 Å². The van der Waals surface area contributed by atoms with Crippen LogP contribution >= 0.6 is 0 Å². The Labute approximate surface area is 182 Å². The minimum absolute atomic E-state index is 0.0456. The molecule has 0 bridgehead atoms. The lowest BCUT2D eigenvalue weighted by Gasteiger charge is -2.25. The van der Waals surface area contributed by atoms with Gasteiger partial charge in [0.2, 0.25) is 0 Å². The molecular formula is C26H25N3O2. The molecule has 1 amide bonds. The first kappa shape index (κ1) is 20.6. The number of methoxy groups -OCH3 is 1. The van der Waals surface area contributed by atoms with Crippen molar-refractivity contribution in [2.45, 2.75) is 25.7 Å². The van der Waals surface area contributed by atoms with E-state index in [0.29, 0.717) is 13.0 Å². The second-order valence-electron chi connectivity index (χ2n) is 7.76. The Morgan fingerprint density at radius 1 is 1.19 bits per heavy atom. The second kappa shape index (κ2) is 9.01. The number of pyridine rings is 1. The highest BCUT2D eigenvalue weighted by atomic mass is 16.5. The largest absolute Gasteiger partial charge is 0.497 e. The monoisotopic (exact) mass is 411 g/mol. The number of benzene rings is 2. The summed E-state index contributed by atoms with van der Waals surface area (Å²) in [7, 11) is 3.42. The lowest BCUT2D eigenvalue weighted by Crippen LogP contribution is -2.29. The molecule has 1 heterocycles. The number of ether oxygens (including phenoxy) is 1. The normalized spacial score (nSPS) is 14.2. The molecule has 1 aromatic heterocycles. The SMILES string of the molecule is COc1ccc(C=C2CCCc3c2nc2ccccc2c3C(=O)N(C)CCC#N)cc1. The van der Waals surface area contributed by atoms with E-state index in [1.165, 1.54) is 0 Å². The molecule has 0 fully saturated rings. The smallest absolute Gasteiger partial charge is 0.254 e. The van der Waals surface area contributed by atoms with Crippen LogP contribution in [0.25, 0.3) is 22.6 Å². The summed E-state index contributed by atoms with van der Waals surface area (Å²) in [5, 5.41) is 9.80. The highest BCUT2D eigenvalue weighted by Crippen LogP contribution is 2.36. The summed E-state index contributed by atoms with van der Waals surface area (Å²) in [5.74, 6) is 0.777. The van der Waals surface area contributed by atoms with Gasteiger partial charge in [0.1, 0.15) is 5.75 Å². The van der Waals surface area contributed by atoms with Crippen LogP contribution in [0, 0.1) is 11.3 Å². The predicted octanol–water partition coefficient (Wildman–Crippen LogP) is 5.11. The number of carbonyl (C=O) groups is 1. The van der Waals surface area contributed by atoms with Crippen molar-refractivity contribution in [1.82, 2.24) is 9.88 Å². The maximum absolute atomic E-state index is 13.4. The Hall–Kier alpha value is -3.65. The Bertz CT molecular complexity index is 1190. The third-order valence-corrected chi connectivity index (χ3v) is 5.75. The standard InChI is InChI=1S/C26H25N3O2/c1-29(16-6-15-27)26(30)24-21-8-3-4-10-23(21)28-25-19(7-5-9-22(24)25)17-18-11-13-20(31-2)14-12-18/h3-4,8,10-14,17H,5-7,9,16H2,1-2H3. The van der Waals surface area contributed by atoms with Gasteiger partial charge in [0.25, 0.3) is 5.91 Å². The van der Waals surface area contributed by atoms with Gasteiger partial charge in [0.05, 0.1) is 36.4 Å². The quantitative estimate of drug-likeness (QED) is 0.585. The Morgan fingerprint density at radius 3 is 2.71 bits per heavy atom. The van der Waals surface area contributed by atoms with Gasteiger partial charge in [0.15, 0.2) is 0 Å². The second-order valence-corrected chi connectivity index (χ2v) is 7.76. The number of para-hydroxylation sites is 1. The molecule has 1 aliphatic carbocycles. The Kier molecular flexibility index (Phi) is 5.99. The maximum atomic E-state index is 13.4. The molecule has 5 nitrogen and oxygen atoms in total. The van der Waals surface area contributed by atoms with E-state index in [-0.39, 0.29) is 5.91 Å². The van der Waals surface area contributed by atoms with Crippen molar-refractivity contribution in [1.29, 1.82) is 5.26 Å². The summed E-state index contributed by atoms with van der Waals surface area (Å²) in [5.41, 5.74) is 5.70. The molecule has 0 N–H and O–H groups in total. The van der Waals surface area contributed by atoms with Gasteiger partial charge < -0.3 is 9.64 Å². The number of nitrogens with zero attached hydrogens (tertiary/aromatic N) is 3. The third-order valence-electron chi connectivity index (χ3n) is 5.75. The van der Waals surface area contributed by atoms with Crippen LogP contribution in [0.2, 0.25) is 0 Å². The maximum Gasteiger partial charge on any atom is 0.254 e. The summed E-state index contributed by atoms with van der Waals surface area (Å²) in [6.07, 6.45) is 5.18. The number of fused-ring (bicyclic) bond motifs is 2. The van der Waals surface area contributed by atoms with Gasteiger partial charge in [-0.15, -0.1) is 0 Å². The van der Waals surface area contributed by atoms with Gasteiger partial charge in [-0.25, -0.2) is 4.98 Å². The molecule has 5 heteroatoms. The summed E-state index contributed by atoms with van der Waals surface area (Å²) >= 11 is 0. The van der Waals surface area contributed by atoms with E-state index in [9.17, 15) is 4.79 Å². The van der Waals surface area contributed by atoms with Gasteiger partial charge in [-0.05, 0) is 60.2 Å². The number of allylic oxidation sites excluding steroid dienone is 1. The van der Waals surface area contributed by atoms with E-state index >= 15 is 0 Å². The first-order valence-electron chi connectivity index (χ1n) is 10.5. The molecule has 1 aliphatic rings. The van der Waals surface area contributed by atoms with Crippen LogP contribution in [0.4, 0.5) is 0 Å². The van der Waals surface area contributed by atoms with Crippen LogP contribution in [0.3, 0.4) is 0 Å². The van der Waals surface area contributed by atoms with Crippen molar-refractivity contribution in [3.63, 3.8) is 0 Å². The topological polar surface area (TPSA) is 66.2 Å². The number of rotatable bonds is 5. The zero-order chi connectivity index (χ0) is 21.8. The average molecular weight is 412 g/mol. The number of hydrogen-bond acceptors (Lipinski definition) is 4. The summed E-state index contributed by atoms with van der Waals surface area (Å²) in [6.45, 7) is 0.412. The molecule has 0 radical (unpaired) electrons. The van der Waals surface area contributed by atoms with Gasteiger partial charge in [0, 0.05) is 19.0 Å². The van der Waals surface area contributed by atoms with Crippen molar-refractivity contribution in [3.8, 4) is 11.8 Å². The molecule has 0 aliphatic heterocycles. The van der Waals surface area contributed by atoms with Gasteiger partial charge in [-0.2, -0.15) is 5.26 Å². The average Bonchev–Trinajstić information content (AvgIpc) is 2.81. The van der Waals surface area contributed by atoms with E-state index in [2.05, 4.69) is 12.1 Å². The predicted molar refractivity (Wildman–Crippen MR) is 123 cm³/mol. The van der Waals surface area contributed by atoms with Crippen molar-refractivity contribution >= 4 is 28.5 Å². The van der Waals surface area contributed by atoms with Gasteiger partial charge in [-0.3, -0.25) is 4.79 Å². The fourth-order valence-electron chi connectivity index (χ4n) is 4.13. The van der Waals surface area contributed by atoms with E-state index in [4.69, 9.17) is 15.0 Å². The summed E-state index contributed by atoms with van der Waals surface area (Å²) in [4.78, 5) is 20.0. The van der Waals surface area contributed by atoms with Crippen molar-refractivity contribution in [2.24, 2.45) is 0 Å². The van der Waals surface area contributed by atoms with Crippen LogP contribution in [-0.4, -0.2) is 36.5 Å². The van der Waals surface area contributed by atoms with Crippen molar-refractivity contribution in [3.05, 3.63) is 70.9 Å². The molecule has 0 unspecified atom stereocenters.